The molecule has 1 aromatic heterocycles. The number of amides is 1. The van der Waals surface area contributed by atoms with E-state index in [1.54, 1.807) is 0 Å². The number of aromatic nitrogens is 1. The monoisotopic (exact) mass is 288 g/mol. The van der Waals surface area contributed by atoms with E-state index < -0.39 is 0 Å². The Hall–Kier alpha value is -1.58. The van der Waals surface area contributed by atoms with Crippen molar-refractivity contribution in [2.75, 3.05) is 0 Å². The summed E-state index contributed by atoms with van der Waals surface area (Å²) in [5, 5.41) is 3.14. The molecule has 0 saturated heterocycles. The van der Waals surface area contributed by atoms with E-state index in [1.165, 1.54) is 25.7 Å². The molecule has 0 aliphatic heterocycles. The molecule has 1 aromatic rings. The first-order chi connectivity index (χ1) is 10.2. The van der Waals surface area contributed by atoms with Gasteiger partial charge in [0.2, 0.25) is 5.91 Å². The highest BCUT2D eigenvalue weighted by atomic mass is 16.2. The van der Waals surface area contributed by atoms with E-state index in [0.29, 0.717) is 12.6 Å². The van der Waals surface area contributed by atoms with Crippen LogP contribution < -0.4 is 5.32 Å². The summed E-state index contributed by atoms with van der Waals surface area (Å²) < 4.78 is 1.82. The maximum absolute atomic E-state index is 12.1. The molecule has 21 heavy (non-hydrogen) atoms. The van der Waals surface area contributed by atoms with Crippen LogP contribution in [-0.2, 0) is 11.3 Å². The van der Waals surface area contributed by atoms with Crippen LogP contribution in [0.5, 0.6) is 0 Å². The Bertz CT molecular complexity index is 509. The Kier molecular flexibility index (Phi) is 4.42. The molecule has 0 unspecified atom stereocenters. The number of carbonyl (C=O) groups excluding carboxylic acids is 2. The summed E-state index contributed by atoms with van der Waals surface area (Å²) in [6.45, 7) is 0.314. The number of Topliss-reactive ketones (excluding diaryl/α,β-unsaturated/α-hetero) is 1. The molecular formula is C17H24N2O2. The van der Waals surface area contributed by atoms with Crippen molar-refractivity contribution < 1.29 is 9.59 Å². The van der Waals surface area contributed by atoms with Crippen molar-refractivity contribution in [3.63, 3.8) is 0 Å². The first kappa shape index (κ1) is 14.4. The molecule has 1 amide bonds. The second-order valence-corrected chi connectivity index (χ2v) is 6.47. The predicted octanol–water partition coefficient (Wildman–Crippen LogP) is 2.92. The van der Waals surface area contributed by atoms with Crippen molar-refractivity contribution in [1.29, 1.82) is 0 Å². The lowest BCUT2D eigenvalue weighted by Crippen LogP contribution is -2.36. The first-order valence-electron chi connectivity index (χ1n) is 8.22. The van der Waals surface area contributed by atoms with Crippen LogP contribution in [0.2, 0.25) is 0 Å². The zero-order valence-electron chi connectivity index (χ0n) is 12.5. The lowest BCUT2D eigenvalue weighted by atomic mass is 10.1. The largest absolute Gasteiger partial charge is 0.352 e. The van der Waals surface area contributed by atoms with Crippen molar-refractivity contribution in [3.05, 3.63) is 24.0 Å². The van der Waals surface area contributed by atoms with Crippen LogP contribution in [0.4, 0.5) is 0 Å². The minimum atomic E-state index is 0.0583. The van der Waals surface area contributed by atoms with Gasteiger partial charge in [-0.1, -0.05) is 25.7 Å². The summed E-state index contributed by atoms with van der Waals surface area (Å²) in [7, 11) is 0. The molecule has 0 bridgehead atoms. The number of ketones is 1. The summed E-state index contributed by atoms with van der Waals surface area (Å²) in [6.07, 6.45) is 12.9. The van der Waals surface area contributed by atoms with Crippen LogP contribution in [0.25, 0.3) is 0 Å². The summed E-state index contributed by atoms with van der Waals surface area (Å²) >= 11 is 0. The Balaban J connectivity index is 1.51. The summed E-state index contributed by atoms with van der Waals surface area (Å²) in [5.74, 6) is 0.529. The first-order valence-corrected chi connectivity index (χ1v) is 8.22. The molecule has 2 fully saturated rings. The molecule has 114 valence electrons. The van der Waals surface area contributed by atoms with Crippen LogP contribution >= 0.6 is 0 Å². The molecule has 4 nitrogen and oxygen atoms in total. The highest BCUT2D eigenvalue weighted by molar-refractivity contribution is 5.99. The van der Waals surface area contributed by atoms with Crippen LogP contribution in [0.3, 0.4) is 0 Å². The normalized spacial score (nSPS) is 20.0. The third kappa shape index (κ3) is 3.96. The van der Waals surface area contributed by atoms with Crippen molar-refractivity contribution in [3.8, 4) is 0 Å². The van der Waals surface area contributed by atoms with Crippen molar-refractivity contribution in [2.45, 2.75) is 64.0 Å². The molecule has 2 aliphatic carbocycles. The number of nitrogens with one attached hydrogen (secondary N) is 1. The molecule has 0 spiro atoms. The fourth-order valence-corrected chi connectivity index (χ4v) is 3.13. The van der Waals surface area contributed by atoms with E-state index in [9.17, 15) is 9.59 Å². The number of rotatable bonds is 5. The van der Waals surface area contributed by atoms with Crippen LogP contribution in [0.15, 0.2) is 18.5 Å². The maximum atomic E-state index is 12.1. The Morgan fingerprint density at radius 1 is 1.10 bits per heavy atom. The fraction of sp³-hybridized carbons (Fsp3) is 0.647. The van der Waals surface area contributed by atoms with Gasteiger partial charge in [-0.25, -0.2) is 0 Å². The van der Waals surface area contributed by atoms with Crippen molar-refractivity contribution in [2.24, 2.45) is 5.92 Å². The van der Waals surface area contributed by atoms with Gasteiger partial charge in [-0.15, -0.1) is 0 Å². The predicted molar refractivity (Wildman–Crippen MR) is 81.1 cm³/mol. The molecule has 0 atom stereocenters. The molecule has 1 N–H and O–H groups in total. The van der Waals surface area contributed by atoms with Gasteiger partial charge in [0.25, 0.3) is 0 Å². The quantitative estimate of drug-likeness (QED) is 0.669. The zero-order chi connectivity index (χ0) is 14.7. The van der Waals surface area contributed by atoms with Gasteiger partial charge in [0.05, 0.1) is 0 Å². The van der Waals surface area contributed by atoms with Crippen LogP contribution in [-0.4, -0.2) is 22.3 Å². The van der Waals surface area contributed by atoms with E-state index in [4.69, 9.17) is 0 Å². The number of hydrogen-bond acceptors (Lipinski definition) is 2. The smallest absolute Gasteiger partial charge is 0.240 e. The molecule has 0 aromatic carbocycles. The van der Waals surface area contributed by atoms with Crippen molar-refractivity contribution in [1.82, 2.24) is 9.88 Å². The van der Waals surface area contributed by atoms with Gasteiger partial charge in [-0.3, -0.25) is 9.59 Å². The van der Waals surface area contributed by atoms with Gasteiger partial charge in [-0.2, -0.15) is 0 Å². The van der Waals surface area contributed by atoms with Gasteiger partial charge >= 0.3 is 0 Å². The van der Waals surface area contributed by atoms with E-state index in [0.717, 1.165) is 31.2 Å². The van der Waals surface area contributed by atoms with Crippen LogP contribution in [0.1, 0.15) is 61.7 Å². The summed E-state index contributed by atoms with van der Waals surface area (Å²) in [6, 6.07) is 2.17. The molecule has 1 heterocycles. The van der Waals surface area contributed by atoms with E-state index >= 15 is 0 Å². The Labute approximate surface area is 125 Å². The zero-order valence-corrected chi connectivity index (χ0v) is 12.5. The van der Waals surface area contributed by atoms with Crippen LogP contribution in [0, 0.1) is 5.92 Å². The highest BCUT2D eigenvalue weighted by Crippen LogP contribution is 2.32. The highest BCUT2D eigenvalue weighted by Gasteiger charge is 2.30. The minimum absolute atomic E-state index is 0.0583. The van der Waals surface area contributed by atoms with E-state index in [2.05, 4.69) is 5.32 Å². The number of nitrogens with zero attached hydrogens (tertiary/aromatic N) is 1. The van der Waals surface area contributed by atoms with Gasteiger partial charge in [-0.05, 0) is 31.7 Å². The Morgan fingerprint density at radius 2 is 1.81 bits per heavy atom. The summed E-state index contributed by atoms with van der Waals surface area (Å²) in [5.41, 5.74) is 0.750. The third-order valence-corrected chi connectivity index (χ3v) is 4.53. The fourth-order valence-electron chi connectivity index (χ4n) is 3.13. The second kappa shape index (κ2) is 6.46. The van der Waals surface area contributed by atoms with Gasteiger partial charge in [0.1, 0.15) is 6.54 Å². The van der Waals surface area contributed by atoms with Gasteiger partial charge in [0, 0.05) is 29.9 Å². The standard InChI is InChI=1S/C17H24N2O2/c20-16(18-15-5-3-1-2-4-6-15)12-19-10-9-14(11-19)17(21)13-7-8-13/h9-11,13,15H,1-8,12H2,(H,18,20). The second-order valence-electron chi connectivity index (χ2n) is 6.47. The SMILES string of the molecule is O=C(Cn1ccc(C(=O)C2CC2)c1)NC1CCCCCC1. The lowest BCUT2D eigenvalue weighted by molar-refractivity contribution is -0.122. The van der Waals surface area contributed by atoms with Gasteiger partial charge in [0.15, 0.2) is 5.78 Å². The summed E-state index contributed by atoms with van der Waals surface area (Å²) in [4.78, 5) is 24.0. The lowest BCUT2D eigenvalue weighted by Gasteiger charge is -2.16. The molecule has 2 saturated carbocycles. The molecule has 3 rings (SSSR count). The minimum Gasteiger partial charge on any atom is -0.352 e. The number of carbonyl (C=O) groups is 2. The Morgan fingerprint density at radius 3 is 2.48 bits per heavy atom. The topological polar surface area (TPSA) is 51.1 Å². The van der Waals surface area contributed by atoms with Gasteiger partial charge < -0.3 is 9.88 Å². The van der Waals surface area contributed by atoms with E-state index in [1.807, 2.05) is 23.0 Å². The van der Waals surface area contributed by atoms with Crippen molar-refractivity contribution >= 4 is 11.7 Å². The average molecular weight is 288 g/mol. The number of hydrogen-bond donors (Lipinski definition) is 1. The third-order valence-electron chi connectivity index (χ3n) is 4.53. The molecular weight excluding hydrogens is 264 g/mol. The average Bonchev–Trinajstić information content (AvgIpc) is 3.24. The molecule has 4 heteroatoms. The van der Waals surface area contributed by atoms with E-state index in [-0.39, 0.29) is 17.6 Å². The molecule has 2 aliphatic rings. The maximum Gasteiger partial charge on any atom is 0.240 e. The molecule has 0 radical (unpaired) electrons.